The van der Waals surface area contributed by atoms with Crippen molar-refractivity contribution >= 4 is 14.5 Å². The summed E-state index contributed by atoms with van der Waals surface area (Å²) in [6, 6.07) is 1.78. The number of aromatic nitrogens is 1. The molecule has 0 bridgehead atoms. The first kappa shape index (κ1) is 8.75. The van der Waals surface area contributed by atoms with E-state index >= 15 is 0 Å². The molecule has 2 heterocycles. The Morgan fingerprint density at radius 1 is 1.62 bits per heavy atom. The van der Waals surface area contributed by atoms with Crippen LogP contribution < -0.4 is 0 Å². The molecule has 68 valence electrons. The Balaban J connectivity index is 2.33. The van der Waals surface area contributed by atoms with Crippen LogP contribution >= 0.6 is 0 Å². The summed E-state index contributed by atoms with van der Waals surface area (Å²) in [5.74, 6) is 0. The zero-order chi connectivity index (χ0) is 9.26. The van der Waals surface area contributed by atoms with Gasteiger partial charge in [0.2, 0.25) is 0 Å². The fraction of sp³-hybridized carbons (Fsp3) is 0.222. The molecule has 0 aromatic carbocycles. The quantitative estimate of drug-likeness (QED) is 0.803. The van der Waals surface area contributed by atoms with Crippen molar-refractivity contribution in [1.82, 2.24) is 4.98 Å². The van der Waals surface area contributed by atoms with Crippen LogP contribution in [0.5, 0.6) is 0 Å². The molecule has 1 atom stereocenters. The monoisotopic (exact) mass is 243 g/mol. The molecule has 0 amide bonds. The van der Waals surface area contributed by atoms with E-state index in [9.17, 15) is 5.11 Å². The fourth-order valence-corrected chi connectivity index (χ4v) is 2.86. The van der Waals surface area contributed by atoms with Gasteiger partial charge >= 0.3 is 81.4 Å². The van der Waals surface area contributed by atoms with Crippen LogP contribution in [0.3, 0.4) is 0 Å². The molecule has 0 aliphatic rings. The zero-order valence-corrected chi connectivity index (χ0v) is 8.81. The number of nitrogens with zero attached hydrogens (tertiary/aromatic N) is 1. The number of aliphatic hydroxyl groups is 1. The number of aliphatic hydroxyl groups excluding tert-OH is 1. The van der Waals surface area contributed by atoms with Crippen LogP contribution in [0.2, 0.25) is 0 Å². The molecule has 0 spiro atoms. The number of aryl methyl sites for hydroxylation is 1. The summed E-state index contributed by atoms with van der Waals surface area (Å²) in [7, 11) is 0. The summed E-state index contributed by atoms with van der Waals surface area (Å²) in [5.41, 5.74) is 1.75. The van der Waals surface area contributed by atoms with Crippen LogP contribution in [-0.4, -0.2) is 24.6 Å². The average molecular weight is 242 g/mol. The normalized spacial score (nSPS) is 13.1. The molecule has 13 heavy (non-hydrogen) atoms. The molecule has 1 N–H and O–H groups in total. The van der Waals surface area contributed by atoms with Crippen LogP contribution in [0.4, 0.5) is 0 Å². The molecule has 0 radical (unpaired) electrons. The molecular weight excluding hydrogens is 233 g/mol. The minimum atomic E-state index is -0.541. The number of rotatable bonds is 2. The van der Waals surface area contributed by atoms with Gasteiger partial charge in [0.15, 0.2) is 0 Å². The predicted octanol–water partition coefficient (Wildman–Crippen LogP) is 1.12. The van der Waals surface area contributed by atoms with Gasteiger partial charge in [-0.3, -0.25) is 0 Å². The topological polar surface area (TPSA) is 46.3 Å². The number of hydrogen-bond donors (Lipinski definition) is 1. The van der Waals surface area contributed by atoms with Crippen molar-refractivity contribution in [3.63, 3.8) is 0 Å². The van der Waals surface area contributed by atoms with Gasteiger partial charge in [-0.1, -0.05) is 0 Å². The molecule has 3 nitrogen and oxygen atoms in total. The second kappa shape index (κ2) is 3.50. The van der Waals surface area contributed by atoms with E-state index in [2.05, 4.69) is 4.98 Å². The average Bonchev–Trinajstić information content (AvgIpc) is 2.72. The van der Waals surface area contributed by atoms with Crippen LogP contribution in [0.25, 0.3) is 0 Å². The third kappa shape index (κ3) is 1.61. The molecule has 0 saturated heterocycles. The van der Waals surface area contributed by atoms with Crippen molar-refractivity contribution in [3.05, 3.63) is 39.4 Å². The summed E-state index contributed by atoms with van der Waals surface area (Å²) in [6.45, 7) is 1.92. The number of furan rings is 1. The Morgan fingerprint density at radius 2 is 2.46 bits per heavy atom. The second-order valence-electron chi connectivity index (χ2n) is 2.76. The molecule has 2 aromatic rings. The Morgan fingerprint density at radius 3 is 3.00 bits per heavy atom. The molecule has 2 aromatic heterocycles. The Hall–Kier alpha value is -0.831. The Kier molecular flexibility index (Phi) is 2.36. The van der Waals surface area contributed by atoms with E-state index in [1.54, 1.807) is 18.6 Å². The van der Waals surface area contributed by atoms with Gasteiger partial charge in [0.1, 0.15) is 0 Å². The summed E-state index contributed by atoms with van der Waals surface area (Å²) >= 11 is 0.195. The first-order valence-electron chi connectivity index (χ1n) is 3.89. The minimum absolute atomic E-state index is 0.195. The molecular formula is C9H9NO2Se. The standard InChI is InChI=1S/C9H9NO2Se/c1-6-9(13-5-10-6)8(11)7-2-3-12-4-7/h2-5,8,11H,1H3. The van der Waals surface area contributed by atoms with Crippen LogP contribution in [0.15, 0.2) is 28.1 Å². The van der Waals surface area contributed by atoms with Gasteiger partial charge in [-0.05, 0) is 0 Å². The van der Waals surface area contributed by atoms with Crippen molar-refractivity contribution in [2.45, 2.75) is 13.0 Å². The Labute approximate surface area is 81.8 Å². The summed E-state index contributed by atoms with van der Waals surface area (Å²) < 4.78 is 5.94. The van der Waals surface area contributed by atoms with Gasteiger partial charge in [-0.2, -0.15) is 0 Å². The maximum atomic E-state index is 9.90. The van der Waals surface area contributed by atoms with Crippen molar-refractivity contribution in [3.8, 4) is 0 Å². The second-order valence-corrected chi connectivity index (χ2v) is 4.62. The van der Waals surface area contributed by atoms with Gasteiger partial charge in [0.05, 0.1) is 0 Å². The summed E-state index contributed by atoms with van der Waals surface area (Å²) in [5, 5.41) is 11.8. The maximum absolute atomic E-state index is 9.90. The van der Waals surface area contributed by atoms with Crippen LogP contribution in [0, 0.1) is 6.92 Å². The fourth-order valence-electron chi connectivity index (χ4n) is 1.16. The first-order valence-corrected chi connectivity index (χ1v) is 5.73. The van der Waals surface area contributed by atoms with E-state index in [1.807, 2.05) is 12.0 Å². The molecule has 2 rings (SSSR count). The van der Waals surface area contributed by atoms with Crippen molar-refractivity contribution in [2.24, 2.45) is 0 Å². The van der Waals surface area contributed by atoms with Crippen molar-refractivity contribution < 1.29 is 9.52 Å². The molecule has 0 aliphatic heterocycles. The van der Waals surface area contributed by atoms with E-state index in [-0.39, 0.29) is 14.5 Å². The third-order valence-electron chi connectivity index (χ3n) is 1.89. The van der Waals surface area contributed by atoms with Gasteiger partial charge in [-0.15, -0.1) is 0 Å². The van der Waals surface area contributed by atoms with E-state index in [1.165, 1.54) is 0 Å². The molecule has 0 aliphatic carbocycles. The molecule has 0 saturated carbocycles. The predicted molar refractivity (Wildman–Crippen MR) is 48.7 cm³/mol. The van der Waals surface area contributed by atoms with Crippen molar-refractivity contribution in [2.75, 3.05) is 0 Å². The Bertz CT molecular complexity index is 380. The van der Waals surface area contributed by atoms with Gasteiger partial charge in [0.25, 0.3) is 0 Å². The number of hydrogen-bond acceptors (Lipinski definition) is 3. The van der Waals surface area contributed by atoms with E-state index in [0.29, 0.717) is 0 Å². The zero-order valence-electron chi connectivity index (χ0n) is 7.10. The molecule has 4 heteroatoms. The van der Waals surface area contributed by atoms with Gasteiger partial charge < -0.3 is 0 Å². The van der Waals surface area contributed by atoms with E-state index in [4.69, 9.17) is 4.42 Å². The first-order chi connectivity index (χ1) is 6.29. The van der Waals surface area contributed by atoms with E-state index in [0.717, 1.165) is 15.7 Å². The summed E-state index contributed by atoms with van der Waals surface area (Å²) in [4.78, 5) is 4.14. The molecule has 1 unspecified atom stereocenters. The molecule has 0 fully saturated rings. The van der Waals surface area contributed by atoms with E-state index < -0.39 is 6.10 Å². The van der Waals surface area contributed by atoms with Crippen molar-refractivity contribution in [1.29, 1.82) is 0 Å². The SMILES string of the molecule is Cc1nc[se]c1C(O)c1ccoc1. The van der Waals surface area contributed by atoms with Crippen LogP contribution in [-0.2, 0) is 0 Å². The van der Waals surface area contributed by atoms with Gasteiger partial charge in [-0.25, -0.2) is 0 Å². The summed E-state index contributed by atoms with van der Waals surface area (Å²) in [6.07, 6.45) is 2.60. The van der Waals surface area contributed by atoms with Crippen LogP contribution in [0.1, 0.15) is 21.8 Å². The van der Waals surface area contributed by atoms with Gasteiger partial charge in [0, 0.05) is 0 Å². The third-order valence-corrected chi connectivity index (χ3v) is 3.95.